The van der Waals surface area contributed by atoms with Crippen LogP contribution in [0, 0.1) is 11.8 Å². The number of nitrogens with one attached hydrogen (secondary N) is 1. The standard InChI is InChI=1S/C22H17N3O2/c26-22(25-12-5-11-21-23-13-6-14-24-21)27-15-20-18-9-3-1-7-16(18)17-8-2-4-10-19(17)20/h1-4,6-10,13-14,20H,12,15H2,(H,25,26). The number of hydrogen-bond donors (Lipinski definition) is 1. The predicted molar refractivity (Wildman–Crippen MR) is 102 cm³/mol. The first-order valence-corrected chi connectivity index (χ1v) is 8.67. The fraction of sp³-hybridized carbons (Fsp3) is 0.136. The van der Waals surface area contributed by atoms with Crippen LogP contribution in [-0.4, -0.2) is 29.2 Å². The first kappa shape index (κ1) is 16.8. The van der Waals surface area contributed by atoms with Crippen LogP contribution < -0.4 is 5.32 Å². The maximum absolute atomic E-state index is 12.0. The van der Waals surface area contributed by atoms with E-state index in [-0.39, 0.29) is 19.1 Å². The third-order valence-corrected chi connectivity index (χ3v) is 4.43. The predicted octanol–water partition coefficient (Wildman–Crippen LogP) is 3.37. The summed E-state index contributed by atoms with van der Waals surface area (Å²) in [5.74, 6) is 6.06. The second-order valence-corrected chi connectivity index (χ2v) is 6.05. The molecule has 0 saturated heterocycles. The number of hydrogen-bond acceptors (Lipinski definition) is 4. The zero-order valence-electron chi connectivity index (χ0n) is 14.6. The normalized spacial score (nSPS) is 11.7. The molecule has 1 aliphatic carbocycles. The smallest absolute Gasteiger partial charge is 0.407 e. The SMILES string of the molecule is O=C(NCC#Cc1ncccn1)OCC1c2ccccc2-c2ccccc21. The lowest BCUT2D eigenvalue weighted by Crippen LogP contribution is -2.26. The molecule has 1 N–H and O–H groups in total. The number of carbonyl (C=O) groups is 1. The first-order valence-electron chi connectivity index (χ1n) is 8.67. The van der Waals surface area contributed by atoms with Crippen LogP contribution in [0.2, 0.25) is 0 Å². The van der Waals surface area contributed by atoms with Gasteiger partial charge >= 0.3 is 6.09 Å². The van der Waals surface area contributed by atoms with Gasteiger partial charge < -0.3 is 10.1 Å². The van der Waals surface area contributed by atoms with Crippen LogP contribution in [0.3, 0.4) is 0 Å². The van der Waals surface area contributed by atoms with E-state index in [4.69, 9.17) is 4.74 Å². The second-order valence-electron chi connectivity index (χ2n) is 6.05. The molecule has 1 heterocycles. The minimum atomic E-state index is -0.486. The number of nitrogens with zero attached hydrogens (tertiary/aromatic N) is 2. The van der Waals surface area contributed by atoms with Crippen LogP contribution in [0.15, 0.2) is 67.0 Å². The molecular weight excluding hydrogens is 338 g/mol. The van der Waals surface area contributed by atoms with E-state index in [1.807, 2.05) is 24.3 Å². The van der Waals surface area contributed by atoms with Crippen molar-refractivity contribution in [3.05, 3.63) is 83.9 Å². The van der Waals surface area contributed by atoms with Crippen molar-refractivity contribution in [1.82, 2.24) is 15.3 Å². The molecule has 0 unspecified atom stereocenters. The molecule has 0 fully saturated rings. The highest BCUT2D eigenvalue weighted by molar-refractivity contribution is 5.79. The van der Waals surface area contributed by atoms with E-state index in [1.54, 1.807) is 18.5 Å². The Morgan fingerprint density at radius 3 is 2.26 bits per heavy atom. The molecule has 5 heteroatoms. The molecule has 3 aromatic rings. The van der Waals surface area contributed by atoms with E-state index >= 15 is 0 Å². The van der Waals surface area contributed by atoms with Crippen molar-refractivity contribution in [1.29, 1.82) is 0 Å². The monoisotopic (exact) mass is 355 g/mol. The summed E-state index contributed by atoms with van der Waals surface area (Å²) in [5.41, 5.74) is 4.78. The third kappa shape index (κ3) is 3.65. The molecule has 27 heavy (non-hydrogen) atoms. The average molecular weight is 355 g/mol. The van der Waals surface area contributed by atoms with E-state index in [0.717, 1.165) is 0 Å². The highest BCUT2D eigenvalue weighted by Gasteiger charge is 2.28. The topological polar surface area (TPSA) is 64.1 Å². The summed E-state index contributed by atoms with van der Waals surface area (Å²) in [6.07, 6.45) is 2.76. The molecule has 2 aromatic carbocycles. The molecule has 1 amide bonds. The number of alkyl carbamates (subject to hydrolysis) is 1. The van der Waals surface area contributed by atoms with Gasteiger partial charge in [-0.15, -0.1) is 0 Å². The molecule has 0 saturated carbocycles. The van der Waals surface area contributed by atoms with Gasteiger partial charge in [0.05, 0.1) is 6.54 Å². The Hall–Kier alpha value is -3.65. The minimum Gasteiger partial charge on any atom is -0.449 e. The molecule has 1 aliphatic rings. The van der Waals surface area contributed by atoms with Gasteiger partial charge in [0.25, 0.3) is 0 Å². The fourth-order valence-corrected chi connectivity index (χ4v) is 3.25. The van der Waals surface area contributed by atoms with E-state index in [9.17, 15) is 4.79 Å². The zero-order chi connectivity index (χ0) is 18.5. The number of rotatable bonds is 3. The Kier molecular flexibility index (Phi) is 4.80. The van der Waals surface area contributed by atoms with Gasteiger partial charge in [0.2, 0.25) is 5.82 Å². The molecule has 0 bridgehead atoms. The van der Waals surface area contributed by atoms with Crippen LogP contribution in [-0.2, 0) is 4.74 Å². The minimum absolute atomic E-state index is 0.0481. The lowest BCUT2D eigenvalue weighted by Gasteiger charge is -2.14. The van der Waals surface area contributed by atoms with E-state index in [1.165, 1.54) is 22.3 Å². The summed E-state index contributed by atoms with van der Waals surface area (Å²) in [4.78, 5) is 20.0. The van der Waals surface area contributed by atoms with Crippen molar-refractivity contribution >= 4 is 6.09 Å². The molecule has 0 aliphatic heterocycles. The van der Waals surface area contributed by atoms with E-state index < -0.39 is 6.09 Å². The van der Waals surface area contributed by atoms with Crippen molar-refractivity contribution < 1.29 is 9.53 Å². The van der Waals surface area contributed by atoms with Crippen LogP contribution in [0.5, 0.6) is 0 Å². The molecule has 0 spiro atoms. The Balaban J connectivity index is 1.36. The van der Waals surface area contributed by atoms with Crippen LogP contribution in [0.25, 0.3) is 11.1 Å². The maximum atomic E-state index is 12.0. The molecule has 0 radical (unpaired) electrons. The highest BCUT2D eigenvalue weighted by atomic mass is 16.5. The number of aromatic nitrogens is 2. The van der Waals surface area contributed by atoms with Crippen LogP contribution in [0.4, 0.5) is 4.79 Å². The molecule has 132 valence electrons. The second kappa shape index (κ2) is 7.71. The van der Waals surface area contributed by atoms with Gasteiger partial charge in [0, 0.05) is 18.3 Å². The Bertz CT molecular complexity index is 977. The molecule has 1 aromatic heterocycles. The van der Waals surface area contributed by atoms with Gasteiger partial charge in [-0.3, -0.25) is 0 Å². The highest BCUT2D eigenvalue weighted by Crippen LogP contribution is 2.44. The first-order chi connectivity index (χ1) is 13.3. The van der Waals surface area contributed by atoms with Crippen molar-refractivity contribution in [2.45, 2.75) is 5.92 Å². The number of amides is 1. The largest absolute Gasteiger partial charge is 0.449 e. The van der Waals surface area contributed by atoms with Gasteiger partial charge in [-0.25, -0.2) is 14.8 Å². The fourth-order valence-electron chi connectivity index (χ4n) is 3.25. The Morgan fingerprint density at radius 2 is 1.59 bits per heavy atom. The molecule has 4 rings (SSSR count). The number of carbonyl (C=O) groups excluding carboxylic acids is 1. The summed E-state index contributed by atoms with van der Waals surface area (Å²) in [5, 5.41) is 2.63. The summed E-state index contributed by atoms with van der Waals surface area (Å²) in [6.45, 7) is 0.462. The van der Waals surface area contributed by atoms with Gasteiger partial charge in [-0.2, -0.15) is 0 Å². The van der Waals surface area contributed by atoms with Crippen molar-refractivity contribution in [3.63, 3.8) is 0 Å². The summed E-state index contributed by atoms with van der Waals surface area (Å²) in [7, 11) is 0. The number of ether oxygens (including phenoxy) is 1. The van der Waals surface area contributed by atoms with Crippen LogP contribution >= 0.6 is 0 Å². The van der Waals surface area contributed by atoms with Gasteiger partial charge in [0.15, 0.2) is 0 Å². The van der Waals surface area contributed by atoms with Crippen molar-refractivity contribution in [2.75, 3.05) is 13.2 Å². The molecule has 0 atom stereocenters. The Labute approximate surface area is 157 Å². The average Bonchev–Trinajstić information content (AvgIpc) is 3.04. The maximum Gasteiger partial charge on any atom is 0.407 e. The molecular formula is C22H17N3O2. The third-order valence-electron chi connectivity index (χ3n) is 4.43. The van der Waals surface area contributed by atoms with E-state index in [2.05, 4.69) is 51.4 Å². The van der Waals surface area contributed by atoms with Gasteiger partial charge in [-0.05, 0) is 34.2 Å². The lowest BCUT2D eigenvalue weighted by molar-refractivity contribution is 0.144. The lowest BCUT2D eigenvalue weighted by atomic mass is 9.98. The van der Waals surface area contributed by atoms with Gasteiger partial charge in [-0.1, -0.05) is 54.5 Å². The van der Waals surface area contributed by atoms with Gasteiger partial charge in [0.1, 0.15) is 6.61 Å². The Morgan fingerprint density at radius 1 is 0.963 bits per heavy atom. The summed E-state index contributed by atoms with van der Waals surface area (Å²) in [6, 6.07) is 18.2. The number of fused-ring (bicyclic) bond motifs is 3. The zero-order valence-corrected chi connectivity index (χ0v) is 14.6. The van der Waals surface area contributed by atoms with E-state index in [0.29, 0.717) is 5.82 Å². The number of benzene rings is 2. The van der Waals surface area contributed by atoms with Crippen LogP contribution in [0.1, 0.15) is 22.9 Å². The molecule has 5 nitrogen and oxygen atoms in total. The van der Waals surface area contributed by atoms with Crippen molar-refractivity contribution in [2.24, 2.45) is 0 Å². The summed E-state index contributed by atoms with van der Waals surface area (Å²) >= 11 is 0. The summed E-state index contributed by atoms with van der Waals surface area (Å²) < 4.78 is 5.44. The van der Waals surface area contributed by atoms with Crippen molar-refractivity contribution in [3.8, 4) is 23.0 Å². The quantitative estimate of drug-likeness (QED) is 0.732.